The van der Waals surface area contributed by atoms with E-state index in [1.54, 1.807) is 62.1 Å². The van der Waals surface area contributed by atoms with Crippen molar-refractivity contribution in [2.45, 2.75) is 13.0 Å². The first-order valence-corrected chi connectivity index (χ1v) is 13.4. The fourth-order valence-electron chi connectivity index (χ4n) is 4.15. The zero-order valence-corrected chi connectivity index (χ0v) is 22.7. The van der Waals surface area contributed by atoms with E-state index in [1.165, 1.54) is 18.3 Å². The van der Waals surface area contributed by atoms with Crippen LogP contribution in [0.1, 0.15) is 17.3 Å². The summed E-state index contributed by atoms with van der Waals surface area (Å²) in [6.07, 6.45) is 2.01. The number of hydrogen-bond acceptors (Lipinski definition) is 10. The van der Waals surface area contributed by atoms with Crippen LogP contribution in [0.2, 0.25) is 0 Å². The number of aromatic nitrogens is 3. The highest BCUT2D eigenvalue weighted by atomic mass is 32.1. The number of carbonyl (C=O) groups excluding carboxylic acids is 2. The second kappa shape index (κ2) is 11.1. The summed E-state index contributed by atoms with van der Waals surface area (Å²) in [5.74, 6) is 0.513. The average molecular weight is 567 g/mol. The molecule has 2 aromatic carbocycles. The van der Waals surface area contributed by atoms with Gasteiger partial charge in [0.1, 0.15) is 17.1 Å². The molecule has 0 spiro atoms. The number of carbonyl (C=O) groups is 2. The number of thiazole rings is 1. The Hall–Kier alpha value is -5.29. The molecule has 1 atom stereocenters. The van der Waals surface area contributed by atoms with Crippen LogP contribution in [-0.4, -0.2) is 40.0 Å². The van der Waals surface area contributed by atoms with Crippen molar-refractivity contribution in [1.29, 1.82) is 0 Å². The van der Waals surface area contributed by atoms with Gasteiger partial charge >= 0.3 is 5.97 Å². The average Bonchev–Trinajstić information content (AvgIpc) is 3.79. The Kier molecular flexibility index (Phi) is 7.00. The molecule has 0 fully saturated rings. The highest BCUT2D eigenvalue weighted by molar-refractivity contribution is 7.14. The molecule has 1 amide bonds. The zero-order valence-electron chi connectivity index (χ0n) is 21.9. The Labute approximate surface area is 237 Å². The first-order chi connectivity index (χ1) is 20.0. The second-order valence-electron chi connectivity index (χ2n) is 8.85. The summed E-state index contributed by atoms with van der Waals surface area (Å²) in [5.41, 5.74) is 3.65. The third-order valence-electron chi connectivity index (χ3n) is 6.18. The maximum absolute atomic E-state index is 13.0. The van der Waals surface area contributed by atoms with E-state index in [-0.39, 0.29) is 5.56 Å². The normalized spacial score (nSPS) is 11.8. The minimum Gasteiger partial charge on any atom is -0.496 e. The monoisotopic (exact) mass is 566 g/mol. The molecule has 204 valence electrons. The van der Waals surface area contributed by atoms with Gasteiger partial charge in [0, 0.05) is 10.9 Å². The Morgan fingerprint density at radius 3 is 2.27 bits per heavy atom. The van der Waals surface area contributed by atoms with Crippen molar-refractivity contribution in [3.63, 3.8) is 0 Å². The third kappa shape index (κ3) is 5.30. The van der Waals surface area contributed by atoms with Gasteiger partial charge in [0.15, 0.2) is 22.8 Å². The number of amides is 1. The molecule has 6 aromatic rings. The molecule has 0 aliphatic heterocycles. The minimum absolute atomic E-state index is 0.218. The number of fused-ring (bicyclic) bond motifs is 1. The van der Waals surface area contributed by atoms with Crippen LogP contribution in [0.15, 0.2) is 93.5 Å². The summed E-state index contributed by atoms with van der Waals surface area (Å²) in [4.78, 5) is 39.7. The first-order valence-electron chi connectivity index (χ1n) is 12.5. The number of esters is 1. The fourth-order valence-corrected chi connectivity index (χ4v) is 4.87. The van der Waals surface area contributed by atoms with Gasteiger partial charge in [-0.05, 0) is 61.5 Å². The van der Waals surface area contributed by atoms with E-state index >= 15 is 0 Å². The van der Waals surface area contributed by atoms with Gasteiger partial charge in [0.25, 0.3) is 5.91 Å². The molecular weight excluding hydrogens is 544 g/mol. The largest absolute Gasteiger partial charge is 0.496 e. The molecule has 0 aliphatic carbocycles. The highest BCUT2D eigenvalue weighted by Gasteiger charge is 2.22. The number of rotatable bonds is 8. The lowest BCUT2D eigenvalue weighted by molar-refractivity contribution is -0.123. The SMILES string of the molecule is COc1ccccc1-c1csc(NC(=O)C(C)OC(=O)c2ccc3nc(-c4ccco4)c(-c4ccco4)nc3c2)n1. The molecule has 6 rings (SSSR count). The molecule has 1 unspecified atom stereocenters. The number of nitrogens with zero attached hydrogens (tertiary/aromatic N) is 3. The van der Waals surface area contributed by atoms with Gasteiger partial charge in [0.2, 0.25) is 0 Å². The van der Waals surface area contributed by atoms with Crippen molar-refractivity contribution < 1.29 is 27.9 Å². The molecule has 41 heavy (non-hydrogen) atoms. The molecule has 4 heterocycles. The van der Waals surface area contributed by atoms with Crippen molar-refractivity contribution in [2.75, 3.05) is 12.4 Å². The standard InChI is InChI=1S/C30H22N4O6S/c1-17(28(35)34-30-33-22(16-41-30)19-7-3-4-8-23(19)37-2)40-29(36)18-11-12-20-21(15-18)32-27(25-10-6-14-39-25)26(31-20)24-9-5-13-38-24/h3-17H,1-2H3,(H,33,34,35). The number of anilines is 1. The van der Waals surface area contributed by atoms with Gasteiger partial charge in [-0.2, -0.15) is 0 Å². The molecule has 10 nitrogen and oxygen atoms in total. The summed E-state index contributed by atoms with van der Waals surface area (Å²) in [5, 5.41) is 4.89. The fraction of sp³-hybridized carbons (Fsp3) is 0.100. The maximum atomic E-state index is 13.0. The number of nitrogens with one attached hydrogen (secondary N) is 1. The van der Waals surface area contributed by atoms with Crippen LogP contribution in [0.4, 0.5) is 5.13 Å². The van der Waals surface area contributed by atoms with Crippen LogP contribution in [0, 0.1) is 0 Å². The van der Waals surface area contributed by atoms with Crippen LogP contribution in [-0.2, 0) is 9.53 Å². The number of furan rings is 2. The molecule has 0 saturated carbocycles. The Balaban J connectivity index is 1.18. The molecular formula is C30H22N4O6S. The van der Waals surface area contributed by atoms with Gasteiger partial charge in [0.05, 0.1) is 41.9 Å². The number of benzene rings is 2. The van der Waals surface area contributed by atoms with E-state index < -0.39 is 18.0 Å². The first kappa shape index (κ1) is 26.0. The smallest absolute Gasteiger partial charge is 0.338 e. The van der Waals surface area contributed by atoms with Crippen LogP contribution in [0.5, 0.6) is 5.75 Å². The van der Waals surface area contributed by atoms with E-state index in [4.69, 9.17) is 28.3 Å². The number of methoxy groups -OCH3 is 1. The lowest BCUT2D eigenvalue weighted by atomic mass is 10.1. The van der Waals surface area contributed by atoms with Gasteiger partial charge in [-0.1, -0.05) is 12.1 Å². The highest BCUT2D eigenvalue weighted by Crippen LogP contribution is 2.33. The minimum atomic E-state index is -1.08. The quantitative estimate of drug-likeness (QED) is 0.206. The van der Waals surface area contributed by atoms with Crippen molar-refractivity contribution in [3.05, 3.63) is 90.2 Å². The van der Waals surface area contributed by atoms with Crippen molar-refractivity contribution >= 4 is 39.4 Å². The van der Waals surface area contributed by atoms with E-state index in [1.807, 2.05) is 29.6 Å². The van der Waals surface area contributed by atoms with Crippen LogP contribution < -0.4 is 10.1 Å². The van der Waals surface area contributed by atoms with E-state index in [9.17, 15) is 9.59 Å². The number of ether oxygens (including phenoxy) is 2. The molecule has 11 heteroatoms. The van der Waals surface area contributed by atoms with E-state index in [2.05, 4.69) is 10.3 Å². The summed E-state index contributed by atoms with van der Waals surface area (Å²) in [7, 11) is 1.59. The Morgan fingerprint density at radius 1 is 0.878 bits per heavy atom. The summed E-state index contributed by atoms with van der Waals surface area (Å²) in [6.45, 7) is 1.49. The zero-order chi connectivity index (χ0) is 28.3. The lowest BCUT2D eigenvalue weighted by Gasteiger charge is -2.13. The molecule has 0 aliphatic rings. The molecule has 0 bridgehead atoms. The van der Waals surface area contributed by atoms with Gasteiger partial charge in [-0.3, -0.25) is 10.1 Å². The van der Waals surface area contributed by atoms with E-state index in [0.717, 1.165) is 5.56 Å². The van der Waals surface area contributed by atoms with Crippen LogP contribution >= 0.6 is 11.3 Å². The predicted molar refractivity (Wildman–Crippen MR) is 153 cm³/mol. The number of para-hydroxylation sites is 1. The van der Waals surface area contributed by atoms with E-state index in [0.29, 0.717) is 50.5 Å². The molecule has 0 saturated heterocycles. The van der Waals surface area contributed by atoms with Gasteiger partial charge < -0.3 is 18.3 Å². The maximum Gasteiger partial charge on any atom is 0.338 e. The van der Waals surface area contributed by atoms with Crippen molar-refractivity contribution in [2.24, 2.45) is 0 Å². The summed E-state index contributed by atoms with van der Waals surface area (Å²) in [6, 6.07) is 19.3. The van der Waals surface area contributed by atoms with Crippen molar-refractivity contribution in [3.8, 4) is 39.9 Å². The predicted octanol–water partition coefficient (Wildman–Crippen LogP) is 6.47. The Morgan fingerprint density at radius 2 is 1.59 bits per heavy atom. The molecule has 0 radical (unpaired) electrons. The Bertz CT molecular complexity index is 1850. The third-order valence-corrected chi connectivity index (χ3v) is 6.94. The number of hydrogen-bond donors (Lipinski definition) is 1. The van der Waals surface area contributed by atoms with Gasteiger partial charge in [-0.15, -0.1) is 11.3 Å². The molecule has 1 N–H and O–H groups in total. The van der Waals surface area contributed by atoms with Crippen LogP contribution in [0.3, 0.4) is 0 Å². The topological polar surface area (TPSA) is 130 Å². The molecule has 4 aromatic heterocycles. The second-order valence-corrected chi connectivity index (χ2v) is 9.71. The van der Waals surface area contributed by atoms with Crippen molar-refractivity contribution in [1.82, 2.24) is 15.0 Å². The summed E-state index contributed by atoms with van der Waals surface area (Å²) >= 11 is 1.26. The summed E-state index contributed by atoms with van der Waals surface area (Å²) < 4.78 is 22.0. The van der Waals surface area contributed by atoms with Gasteiger partial charge in [-0.25, -0.2) is 19.7 Å². The van der Waals surface area contributed by atoms with Crippen LogP contribution in [0.25, 0.3) is 45.2 Å². The lowest BCUT2D eigenvalue weighted by Crippen LogP contribution is -2.30.